The van der Waals surface area contributed by atoms with Crippen molar-refractivity contribution in [3.8, 4) is 0 Å². The molecule has 3 aromatic rings. The van der Waals surface area contributed by atoms with E-state index in [9.17, 15) is 9.59 Å². The average Bonchev–Trinajstić information content (AvgIpc) is 2.61. The summed E-state index contributed by atoms with van der Waals surface area (Å²) in [6.45, 7) is 2.39. The van der Waals surface area contributed by atoms with E-state index in [1.54, 1.807) is 6.07 Å². The van der Waals surface area contributed by atoms with Crippen molar-refractivity contribution in [3.63, 3.8) is 0 Å². The molecule has 0 aliphatic carbocycles. The van der Waals surface area contributed by atoms with Gasteiger partial charge in [-0.05, 0) is 24.1 Å². The normalized spacial score (nSPS) is 11.4. The Morgan fingerprint density at radius 1 is 1.24 bits per heavy atom. The number of pyridine rings is 1. The van der Waals surface area contributed by atoms with Crippen molar-refractivity contribution in [2.75, 3.05) is 5.73 Å². The van der Waals surface area contributed by atoms with E-state index < -0.39 is 11.1 Å². The summed E-state index contributed by atoms with van der Waals surface area (Å²) in [5.41, 5.74) is 7.24. The van der Waals surface area contributed by atoms with Crippen LogP contribution in [0, 0.1) is 0 Å². The van der Waals surface area contributed by atoms with Crippen molar-refractivity contribution in [2.45, 2.75) is 26.3 Å². The van der Waals surface area contributed by atoms with Crippen molar-refractivity contribution in [3.05, 3.63) is 74.4 Å². The molecule has 0 atom stereocenters. The summed E-state index contributed by atoms with van der Waals surface area (Å²) in [6, 6.07) is 11.3. The van der Waals surface area contributed by atoms with E-state index in [-0.39, 0.29) is 5.82 Å². The summed E-state index contributed by atoms with van der Waals surface area (Å²) in [4.78, 5) is 31.3. The molecular weight excluding hydrogens is 316 g/mol. The summed E-state index contributed by atoms with van der Waals surface area (Å²) in [5, 5.41) is 0. The van der Waals surface area contributed by atoms with Gasteiger partial charge >= 0.3 is 11.1 Å². The van der Waals surface area contributed by atoms with Crippen LogP contribution in [0.15, 0.2) is 52.1 Å². The molecule has 25 heavy (non-hydrogen) atoms. The van der Waals surface area contributed by atoms with E-state index in [0.717, 1.165) is 18.4 Å². The van der Waals surface area contributed by atoms with E-state index in [0.29, 0.717) is 23.3 Å². The summed E-state index contributed by atoms with van der Waals surface area (Å²) >= 11 is 0. The second-order valence-corrected chi connectivity index (χ2v) is 5.85. The van der Waals surface area contributed by atoms with E-state index >= 15 is 0 Å². The fourth-order valence-corrected chi connectivity index (χ4v) is 2.69. The van der Waals surface area contributed by atoms with E-state index in [2.05, 4.69) is 16.9 Å². The fraction of sp³-hybridized carbons (Fsp3) is 0.211. The Kier molecular flexibility index (Phi) is 4.79. The molecule has 0 saturated heterocycles. The number of H-pyrrole nitrogens is 1. The van der Waals surface area contributed by atoms with E-state index in [1.165, 1.54) is 4.57 Å². The van der Waals surface area contributed by atoms with Crippen LogP contribution in [0.4, 0.5) is 5.82 Å². The number of hydrogen-bond acceptors (Lipinski definition) is 4. The average molecular weight is 336 g/mol. The number of benzene rings is 1. The van der Waals surface area contributed by atoms with Crippen molar-refractivity contribution in [1.29, 1.82) is 0 Å². The van der Waals surface area contributed by atoms with Gasteiger partial charge in [-0.3, -0.25) is 14.2 Å². The molecule has 0 saturated carbocycles. The van der Waals surface area contributed by atoms with Gasteiger partial charge in [0.2, 0.25) is 0 Å². The summed E-state index contributed by atoms with van der Waals surface area (Å²) < 4.78 is 1.44. The third-order valence-corrected chi connectivity index (χ3v) is 3.94. The van der Waals surface area contributed by atoms with Gasteiger partial charge in [0.1, 0.15) is 11.3 Å². The first-order valence-electron chi connectivity index (χ1n) is 8.24. The lowest BCUT2D eigenvalue weighted by Crippen LogP contribution is -2.37. The highest BCUT2D eigenvalue weighted by atomic mass is 16.2. The van der Waals surface area contributed by atoms with Crippen molar-refractivity contribution >= 4 is 22.9 Å². The lowest BCUT2D eigenvalue weighted by Gasteiger charge is -2.11. The molecule has 0 unspecified atom stereocenters. The third kappa shape index (κ3) is 3.52. The highest BCUT2D eigenvalue weighted by Gasteiger charge is 2.12. The Balaban J connectivity index is 2.20. The monoisotopic (exact) mass is 336 g/mol. The lowest BCUT2D eigenvalue weighted by molar-refractivity contribution is 0.776. The Morgan fingerprint density at radius 2 is 2.00 bits per heavy atom. The number of hydrogen-bond donors (Lipinski definition) is 2. The number of aromatic nitrogens is 3. The van der Waals surface area contributed by atoms with Gasteiger partial charge in [0.05, 0.1) is 17.8 Å². The Hall–Kier alpha value is -3.15. The Bertz CT molecular complexity index is 1030. The highest BCUT2D eigenvalue weighted by molar-refractivity contribution is 5.85. The number of nitrogen functional groups attached to an aromatic ring is 1. The van der Waals surface area contributed by atoms with Gasteiger partial charge in [0.25, 0.3) is 0 Å². The Morgan fingerprint density at radius 3 is 2.72 bits per heavy atom. The molecule has 3 N–H and O–H groups in total. The first kappa shape index (κ1) is 16.7. The minimum absolute atomic E-state index is 0.201. The molecule has 2 heterocycles. The number of rotatable bonds is 5. The molecule has 3 rings (SSSR count). The molecule has 0 amide bonds. The maximum Gasteiger partial charge on any atom is 0.317 e. The van der Waals surface area contributed by atoms with Gasteiger partial charge in [0.15, 0.2) is 0 Å². The molecule has 0 spiro atoms. The molecule has 0 bridgehead atoms. The smallest absolute Gasteiger partial charge is 0.317 e. The number of nitrogens with zero attached hydrogens (tertiary/aromatic N) is 2. The van der Waals surface area contributed by atoms with Crippen LogP contribution >= 0.6 is 0 Å². The highest BCUT2D eigenvalue weighted by Crippen LogP contribution is 2.18. The van der Waals surface area contributed by atoms with Crippen molar-refractivity contribution < 1.29 is 0 Å². The molecule has 0 fully saturated rings. The zero-order valence-electron chi connectivity index (χ0n) is 14.0. The van der Waals surface area contributed by atoms with Gasteiger partial charge < -0.3 is 10.7 Å². The maximum absolute atomic E-state index is 12.4. The lowest BCUT2D eigenvalue weighted by atomic mass is 10.2. The maximum atomic E-state index is 12.4. The van der Waals surface area contributed by atoms with Crippen LogP contribution in [0.2, 0.25) is 0 Å². The molecular formula is C19H20N4O2. The third-order valence-electron chi connectivity index (χ3n) is 3.94. The predicted octanol–water partition coefficient (Wildman–Crippen LogP) is 2.53. The molecule has 1 aromatic carbocycles. The summed E-state index contributed by atoms with van der Waals surface area (Å²) in [6.07, 6.45) is 5.86. The first-order chi connectivity index (χ1) is 12.1. The van der Waals surface area contributed by atoms with Crippen LogP contribution in [-0.2, 0) is 6.54 Å². The van der Waals surface area contributed by atoms with Gasteiger partial charge in [-0.2, -0.15) is 0 Å². The standard InChI is InChI=1S/C19H20N4O2/c1-2-3-5-10-14-11-15-16(17(20)21-14)22-18(24)19(25)23(15)12-13-8-6-4-7-9-13/h4-11H,2-3,12H2,1H3,(H2,20,21)(H,22,24). The molecule has 6 nitrogen and oxygen atoms in total. The number of fused-ring (bicyclic) bond motifs is 1. The van der Waals surface area contributed by atoms with Crippen LogP contribution < -0.4 is 16.9 Å². The minimum Gasteiger partial charge on any atom is -0.382 e. The number of unbranched alkanes of at least 4 members (excludes halogenated alkanes) is 1. The Labute approximate surface area is 144 Å². The molecule has 0 aliphatic heterocycles. The summed E-state index contributed by atoms with van der Waals surface area (Å²) in [5.74, 6) is 0.201. The predicted molar refractivity (Wildman–Crippen MR) is 101 cm³/mol. The van der Waals surface area contributed by atoms with Gasteiger partial charge in [0, 0.05) is 0 Å². The number of nitrogens with one attached hydrogen (secondary N) is 1. The fourth-order valence-electron chi connectivity index (χ4n) is 2.69. The van der Waals surface area contributed by atoms with Crippen LogP contribution in [0.1, 0.15) is 31.0 Å². The zero-order valence-corrected chi connectivity index (χ0v) is 14.0. The number of nitrogens with two attached hydrogens (primary N) is 1. The van der Waals surface area contributed by atoms with E-state index in [4.69, 9.17) is 5.73 Å². The molecule has 0 aliphatic rings. The number of anilines is 1. The molecule has 128 valence electrons. The van der Waals surface area contributed by atoms with Crippen molar-refractivity contribution in [2.24, 2.45) is 0 Å². The quantitative estimate of drug-likeness (QED) is 0.700. The number of aromatic amines is 1. The van der Waals surface area contributed by atoms with Crippen LogP contribution in [-0.4, -0.2) is 14.5 Å². The van der Waals surface area contributed by atoms with Gasteiger partial charge in [-0.1, -0.05) is 49.8 Å². The summed E-state index contributed by atoms with van der Waals surface area (Å²) in [7, 11) is 0. The van der Waals surface area contributed by atoms with Gasteiger partial charge in [-0.25, -0.2) is 4.98 Å². The number of allylic oxidation sites excluding steroid dienone is 1. The molecule has 6 heteroatoms. The van der Waals surface area contributed by atoms with E-state index in [1.807, 2.05) is 42.5 Å². The SMILES string of the molecule is CCCC=Cc1cc2c([nH]c(=O)c(=O)n2Cc2ccccc2)c(N)n1. The second kappa shape index (κ2) is 7.17. The van der Waals surface area contributed by atoms with Crippen LogP contribution in [0.25, 0.3) is 17.1 Å². The zero-order chi connectivity index (χ0) is 17.8. The van der Waals surface area contributed by atoms with Crippen LogP contribution in [0.3, 0.4) is 0 Å². The second-order valence-electron chi connectivity index (χ2n) is 5.85. The molecule has 2 aromatic heterocycles. The van der Waals surface area contributed by atoms with Crippen molar-refractivity contribution in [1.82, 2.24) is 14.5 Å². The molecule has 0 radical (unpaired) electrons. The van der Waals surface area contributed by atoms with Gasteiger partial charge in [-0.15, -0.1) is 0 Å². The van der Waals surface area contributed by atoms with Crippen LogP contribution in [0.5, 0.6) is 0 Å². The largest absolute Gasteiger partial charge is 0.382 e. The first-order valence-corrected chi connectivity index (χ1v) is 8.24. The topological polar surface area (TPSA) is 93.8 Å². The minimum atomic E-state index is -0.703.